The first-order valence-corrected chi connectivity index (χ1v) is 14.2. The van der Waals surface area contributed by atoms with Crippen molar-refractivity contribution < 1.29 is 23.8 Å². The maximum Gasteiger partial charge on any atom is 0.243 e. The second-order valence-corrected chi connectivity index (χ2v) is 10.6. The van der Waals surface area contributed by atoms with Crippen LogP contribution in [0.2, 0.25) is 0 Å². The third-order valence-electron chi connectivity index (χ3n) is 7.77. The summed E-state index contributed by atoms with van der Waals surface area (Å²) < 4.78 is 16.4. The molecule has 2 aliphatic rings. The summed E-state index contributed by atoms with van der Waals surface area (Å²) in [7, 11) is 1.63. The van der Waals surface area contributed by atoms with Crippen LogP contribution in [-0.2, 0) is 29.0 Å². The average Bonchev–Trinajstić information content (AvgIpc) is 3.47. The Morgan fingerprint density at radius 3 is 2.48 bits per heavy atom. The normalized spacial score (nSPS) is 15.3. The molecule has 3 aromatic carbocycles. The zero-order valence-corrected chi connectivity index (χ0v) is 23.1. The number of fused-ring (bicyclic) bond motifs is 1. The molecular weight excluding hydrogens is 504 g/mol. The zero-order chi connectivity index (χ0) is 27.7. The van der Waals surface area contributed by atoms with Crippen molar-refractivity contribution in [2.45, 2.75) is 70.0 Å². The molecule has 0 aromatic heterocycles. The van der Waals surface area contributed by atoms with E-state index in [0.717, 1.165) is 53.9 Å². The third kappa shape index (κ3) is 7.14. The Kier molecular flexibility index (Phi) is 9.22. The Hall–Kier alpha value is -4.00. The average molecular weight is 543 g/mol. The molecule has 0 spiro atoms. The van der Waals surface area contributed by atoms with Crippen LogP contribution in [-0.4, -0.2) is 42.7 Å². The third-order valence-corrected chi connectivity index (χ3v) is 7.77. The standard InChI is InChI=1S/C33H38N2O5/c1-38-28-14-8-11-26(19-28)22-35(32(36)18-16-25-15-17-30-31(21-25)40-23-39-30)29(20-24-9-4-2-5-10-24)33(37)34-27-12-6-3-7-13-27/h2,4-5,8-11,14-15,17,19,21,27,29H,3,6-7,12-13,16,18,20,22-23H2,1H3,(H,34,37)/t29-/m0/s1. The maximum absolute atomic E-state index is 14.0. The van der Waals surface area contributed by atoms with Gasteiger partial charge in [-0.1, -0.05) is 67.8 Å². The van der Waals surface area contributed by atoms with E-state index in [1.54, 1.807) is 12.0 Å². The van der Waals surface area contributed by atoms with Gasteiger partial charge < -0.3 is 24.4 Å². The van der Waals surface area contributed by atoms with E-state index in [4.69, 9.17) is 14.2 Å². The number of carbonyl (C=O) groups excluding carboxylic acids is 2. The Balaban J connectivity index is 1.41. The van der Waals surface area contributed by atoms with E-state index in [2.05, 4.69) is 5.32 Å². The Morgan fingerprint density at radius 2 is 1.68 bits per heavy atom. The van der Waals surface area contributed by atoms with E-state index < -0.39 is 6.04 Å². The van der Waals surface area contributed by atoms with Crippen LogP contribution in [0.4, 0.5) is 0 Å². The molecular formula is C33H38N2O5. The predicted octanol–water partition coefficient (Wildman–Crippen LogP) is 5.45. The minimum atomic E-state index is -0.639. The summed E-state index contributed by atoms with van der Waals surface area (Å²) in [5.74, 6) is 1.98. The van der Waals surface area contributed by atoms with Crippen molar-refractivity contribution in [3.05, 3.63) is 89.5 Å². The lowest BCUT2D eigenvalue weighted by Gasteiger charge is -2.33. The van der Waals surface area contributed by atoms with Gasteiger partial charge in [-0.2, -0.15) is 0 Å². The lowest BCUT2D eigenvalue weighted by Crippen LogP contribution is -2.52. The molecule has 7 nitrogen and oxygen atoms in total. The van der Waals surface area contributed by atoms with Crippen molar-refractivity contribution in [3.63, 3.8) is 0 Å². The number of carbonyl (C=O) groups is 2. The van der Waals surface area contributed by atoms with Crippen molar-refractivity contribution in [2.24, 2.45) is 0 Å². The molecule has 1 saturated carbocycles. The van der Waals surface area contributed by atoms with E-state index in [0.29, 0.717) is 25.1 Å². The van der Waals surface area contributed by atoms with Gasteiger partial charge in [-0.05, 0) is 60.2 Å². The molecule has 1 fully saturated rings. The van der Waals surface area contributed by atoms with E-state index in [1.165, 1.54) is 6.42 Å². The Labute approximate surface area is 236 Å². The van der Waals surface area contributed by atoms with Crippen LogP contribution in [0, 0.1) is 0 Å². The van der Waals surface area contributed by atoms with Crippen LogP contribution >= 0.6 is 0 Å². The van der Waals surface area contributed by atoms with Gasteiger partial charge in [-0.3, -0.25) is 9.59 Å². The van der Waals surface area contributed by atoms with Crippen LogP contribution < -0.4 is 19.5 Å². The predicted molar refractivity (Wildman–Crippen MR) is 153 cm³/mol. The van der Waals surface area contributed by atoms with Crippen LogP contribution in [0.3, 0.4) is 0 Å². The summed E-state index contributed by atoms with van der Waals surface area (Å²) in [4.78, 5) is 29.7. The van der Waals surface area contributed by atoms with Gasteiger partial charge in [-0.25, -0.2) is 0 Å². The van der Waals surface area contributed by atoms with E-state index in [9.17, 15) is 9.59 Å². The minimum Gasteiger partial charge on any atom is -0.497 e. The van der Waals surface area contributed by atoms with Gasteiger partial charge in [0.15, 0.2) is 11.5 Å². The minimum absolute atomic E-state index is 0.0692. The van der Waals surface area contributed by atoms with Gasteiger partial charge in [0.1, 0.15) is 11.8 Å². The Bertz CT molecular complexity index is 1290. The number of ether oxygens (including phenoxy) is 3. The summed E-state index contributed by atoms with van der Waals surface area (Å²) in [6, 6.07) is 22.9. The van der Waals surface area contributed by atoms with E-state index in [1.807, 2.05) is 72.8 Å². The zero-order valence-electron chi connectivity index (χ0n) is 23.1. The smallest absolute Gasteiger partial charge is 0.243 e. The number of rotatable bonds is 11. The summed E-state index contributed by atoms with van der Waals surface area (Å²) in [5.41, 5.74) is 2.93. The fourth-order valence-electron chi connectivity index (χ4n) is 5.56. The lowest BCUT2D eigenvalue weighted by atomic mass is 9.94. The molecule has 3 aromatic rings. The number of hydrogen-bond donors (Lipinski definition) is 1. The van der Waals surface area contributed by atoms with Gasteiger partial charge in [0.25, 0.3) is 0 Å². The van der Waals surface area contributed by atoms with Gasteiger partial charge in [0.2, 0.25) is 18.6 Å². The summed E-state index contributed by atoms with van der Waals surface area (Å²) in [6.45, 7) is 0.524. The van der Waals surface area contributed by atoms with Crippen LogP contribution in [0.5, 0.6) is 17.2 Å². The maximum atomic E-state index is 14.0. The highest BCUT2D eigenvalue weighted by atomic mass is 16.7. The van der Waals surface area contributed by atoms with Crippen molar-refractivity contribution >= 4 is 11.8 Å². The monoisotopic (exact) mass is 542 g/mol. The summed E-state index contributed by atoms with van der Waals surface area (Å²) >= 11 is 0. The fraction of sp³-hybridized carbons (Fsp3) is 0.394. The molecule has 1 aliphatic heterocycles. The second kappa shape index (κ2) is 13.4. The highest BCUT2D eigenvalue weighted by molar-refractivity contribution is 5.88. The van der Waals surface area contributed by atoms with Crippen molar-refractivity contribution in [2.75, 3.05) is 13.9 Å². The fourth-order valence-corrected chi connectivity index (χ4v) is 5.56. The lowest BCUT2D eigenvalue weighted by molar-refractivity contribution is -0.141. The molecule has 0 unspecified atom stereocenters. The number of hydrogen-bond acceptors (Lipinski definition) is 5. The number of nitrogens with one attached hydrogen (secondary N) is 1. The van der Waals surface area contributed by atoms with Crippen LogP contribution in [0.25, 0.3) is 0 Å². The topological polar surface area (TPSA) is 77.1 Å². The molecule has 0 bridgehead atoms. The molecule has 0 radical (unpaired) electrons. The molecule has 40 heavy (non-hydrogen) atoms. The van der Waals surface area contributed by atoms with E-state index >= 15 is 0 Å². The Morgan fingerprint density at radius 1 is 0.900 bits per heavy atom. The quantitative estimate of drug-likeness (QED) is 0.349. The van der Waals surface area contributed by atoms with Crippen molar-refractivity contribution in [1.82, 2.24) is 10.2 Å². The molecule has 2 amide bonds. The first-order valence-electron chi connectivity index (χ1n) is 14.2. The van der Waals surface area contributed by atoms with Gasteiger partial charge in [0.05, 0.1) is 7.11 Å². The largest absolute Gasteiger partial charge is 0.497 e. The number of benzene rings is 3. The van der Waals surface area contributed by atoms with Gasteiger partial charge in [0, 0.05) is 25.4 Å². The molecule has 210 valence electrons. The van der Waals surface area contributed by atoms with Crippen LogP contribution in [0.15, 0.2) is 72.8 Å². The molecule has 7 heteroatoms. The highest BCUT2D eigenvalue weighted by Gasteiger charge is 2.32. The SMILES string of the molecule is COc1cccc(CN(C(=O)CCc2ccc3c(c2)OCO3)[C@@H](Cc2ccccc2)C(=O)NC2CCCCC2)c1. The molecule has 5 rings (SSSR count). The molecule has 1 N–H and O–H groups in total. The summed E-state index contributed by atoms with van der Waals surface area (Å²) in [6.07, 6.45) is 6.67. The van der Waals surface area contributed by atoms with Crippen molar-refractivity contribution in [3.8, 4) is 17.2 Å². The molecule has 1 aliphatic carbocycles. The van der Waals surface area contributed by atoms with Crippen molar-refractivity contribution in [1.29, 1.82) is 0 Å². The van der Waals surface area contributed by atoms with Crippen LogP contribution in [0.1, 0.15) is 55.2 Å². The first-order chi connectivity index (χ1) is 19.6. The second-order valence-electron chi connectivity index (χ2n) is 10.6. The van der Waals surface area contributed by atoms with Gasteiger partial charge >= 0.3 is 0 Å². The highest BCUT2D eigenvalue weighted by Crippen LogP contribution is 2.33. The number of nitrogens with zero attached hydrogens (tertiary/aromatic N) is 1. The number of aryl methyl sites for hydroxylation is 1. The number of amides is 2. The van der Waals surface area contributed by atoms with Gasteiger partial charge in [-0.15, -0.1) is 0 Å². The number of methoxy groups -OCH3 is 1. The van der Waals surface area contributed by atoms with E-state index in [-0.39, 0.29) is 31.1 Å². The molecule has 0 saturated heterocycles. The first kappa shape index (κ1) is 27.6. The summed E-state index contributed by atoms with van der Waals surface area (Å²) in [5, 5.41) is 3.30. The molecule has 1 heterocycles. The molecule has 1 atom stereocenters.